The van der Waals surface area contributed by atoms with Gasteiger partial charge in [0.05, 0.1) is 5.57 Å². The Hall–Kier alpha value is -2.75. The zero-order chi connectivity index (χ0) is 25.7. The molecule has 1 unspecified atom stereocenters. The van der Waals surface area contributed by atoms with E-state index in [-0.39, 0.29) is 34.5 Å². The maximum atomic E-state index is 12.3. The van der Waals surface area contributed by atoms with Crippen LogP contribution >= 0.6 is 0 Å². The summed E-state index contributed by atoms with van der Waals surface area (Å²) in [6.45, 7) is 15.9. The van der Waals surface area contributed by atoms with Gasteiger partial charge in [0.15, 0.2) is 11.6 Å². The Morgan fingerprint density at radius 1 is 0.941 bits per heavy atom. The summed E-state index contributed by atoms with van der Waals surface area (Å²) >= 11 is 0. The number of ketones is 2. The van der Waals surface area contributed by atoms with Gasteiger partial charge in [0.1, 0.15) is 6.10 Å². The van der Waals surface area contributed by atoms with E-state index >= 15 is 0 Å². The van der Waals surface area contributed by atoms with Gasteiger partial charge in [-0.2, -0.15) is 0 Å². The van der Waals surface area contributed by atoms with Crippen LogP contribution in [0.15, 0.2) is 70.4 Å². The van der Waals surface area contributed by atoms with E-state index in [1.807, 2.05) is 52.0 Å². The van der Waals surface area contributed by atoms with Crippen molar-refractivity contribution in [2.24, 2.45) is 10.8 Å². The van der Waals surface area contributed by atoms with Crippen molar-refractivity contribution in [2.45, 2.75) is 87.2 Å². The molecule has 0 aromatic rings. The molecule has 34 heavy (non-hydrogen) atoms. The normalized spacial score (nSPS) is 23.8. The summed E-state index contributed by atoms with van der Waals surface area (Å²) in [6, 6.07) is 0. The largest absolute Gasteiger partial charge is 0.458 e. The van der Waals surface area contributed by atoms with E-state index in [9.17, 15) is 14.4 Å². The molecule has 1 atom stereocenters. The number of Topliss-reactive ketones (excluding diaryl/α,β-unsaturated/α-hetero) is 2. The molecule has 0 radical (unpaired) electrons. The summed E-state index contributed by atoms with van der Waals surface area (Å²) in [5, 5.41) is 0. The van der Waals surface area contributed by atoms with E-state index in [0.717, 1.165) is 29.6 Å². The fraction of sp³-hybridized carbons (Fsp3) is 0.500. The molecule has 0 N–H and O–H groups in total. The first-order chi connectivity index (χ1) is 15.7. The molecule has 0 aliphatic heterocycles. The Kier molecular flexibility index (Phi) is 8.99. The van der Waals surface area contributed by atoms with Gasteiger partial charge in [0, 0.05) is 19.8 Å². The van der Waals surface area contributed by atoms with Crippen molar-refractivity contribution >= 4 is 17.5 Å². The number of allylic oxidation sites excluding steroid dienone is 11. The first kappa shape index (κ1) is 27.5. The van der Waals surface area contributed by atoms with Crippen LogP contribution in [-0.2, 0) is 19.1 Å². The number of ether oxygens (including phenoxy) is 1. The van der Waals surface area contributed by atoms with Crippen LogP contribution in [0.1, 0.15) is 81.1 Å². The summed E-state index contributed by atoms with van der Waals surface area (Å²) in [6.07, 6.45) is 16.2. The van der Waals surface area contributed by atoms with E-state index in [4.69, 9.17) is 4.74 Å². The average Bonchev–Trinajstić information content (AvgIpc) is 2.68. The average molecular weight is 465 g/mol. The zero-order valence-corrected chi connectivity index (χ0v) is 22.1. The van der Waals surface area contributed by atoms with Crippen molar-refractivity contribution in [1.82, 2.24) is 0 Å². The van der Waals surface area contributed by atoms with Gasteiger partial charge in [0.25, 0.3) is 0 Å². The maximum absolute atomic E-state index is 12.3. The first-order valence-electron chi connectivity index (χ1n) is 12.1. The van der Waals surface area contributed by atoms with Gasteiger partial charge < -0.3 is 4.74 Å². The summed E-state index contributed by atoms with van der Waals surface area (Å²) in [7, 11) is 0. The third-order valence-corrected chi connectivity index (χ3v) is 6.60. The van der Waals surface area contributed by atoms with Crippen molar-refractivity contribution < 1.29 is 19.1 Å². The second kappa shape index (κ2) is 11.1. The standard InChI is InChI=1S/C30H40O4/c1-20(12-14-24-26(32)18-29(5,6)19-27(24)33)10-9-11-21(2)13-15-25-22(3)28(34-23(4)31)16-17-30(25,7)8/h9-15,28H,16-19H2,1-8H3/b10-9+,15-13+,20-12+,21-11+. The molecule has 0 bridgehead atoms. The van der Waals surface area contributed by atoms with Crippen LogP contribution in [0.5, 0.6) is 0 Å². The minimum atomic E-state index is -0.247. The molecule has 0 aromatic carbocycles. The van der Waals surface area contributed by atoms with Gasteiger partial charge in [0.2, 0.25) is 0 Å². The van der Waals surface area contributed by atoms with Crippen molar-refractivity contribution in [2.75, 3.05) is 0 Å². The van der Waals surface area contributed by atoms with Crippen LogP contribution < -0.4 is 0 Å². The molecule has 1 fully saturated rings. The van der Waals surface area contributed by atoms with Gasteiger partial charge in [-0.25, -0.2) is 0 Å². The molecule has 2 aliphatic rings. The number of carbonyl (C=O) groups excluding carboxylic acids is 3. The Morgan fingerprint density at radius 2 is 1.53 bits per heavy atom. The highest BCUT2D eigenvalue weighted by Gasteiger charge is 2.35. The van der Waals surface area contributed by atoms with Gasteiger partial charge in [-0.1, -0.05) is 75.3 Å². The highest BCUT2D eigenvalue weighted by atomic mass is 16.5. The minimum absolute atomic E-state index is 0.0311. The highest BCUT2D eigenvalue weighted by molar-refractivity contribution is 6.22. The second-order valence-electron chi connectivity index (χ2n) is 11.1. The lowest BCUT2D eigenvalue weighted by Crippen LogP contribution is -2.31. The maximum Gasteiger partial charge on any atom is 0.303 e. The van der Waals surface area contributed by atoms with Crippen molar-refractivity contribution in [3.8, 4) is 0 Å². The Bertz CT molecular complexity index is 1000. The smallest absolute Gasteiger partial charge is 0.303 e. The first-order valence-corrected chi connectivity index (χ1v) is 12.1. The van der Waals surface area contributed by atoms with E-state index < -0.39 is 0 Å². The fourth-order valence-electron chi connectivity index (χ4n) is 4.61. The summed E-state index contributed by atoms with van der Waals surface area (Å²) in [5.74, 6) is -0.378. The number of hydrogen-bond acceptors (Lipinski definition) is 4. The number of hydrogen-bond donors (Lipinski definition) is 0. The fourth-order valence-corrected chi connectivity index (χ4v) is 4.61. The summed E-state index contributed by atoms with van der Waals surface area (Å²) in [5.41, 5.74) is 4.48. The molecule has 4 nitrogen and oxygen atoms in total. The van der Waals surface area contributed by atoms with Crippen LogP contribution in [0, 0.1) is 10.8 Å². The molecular formula is C30H40O4. The molecule has 1 saturated carbocycles. The molecule has 2 aliphatic carbocycles. The molecule has 2 rings (SSSR count). The van der Waals surface area contributed by atoms with E-state index in [1.165, 1.54) is 12.5 Å². The molecule has 0 aromatic heterocycles. The summed E-state index contributed by atoms with van der Waals surface area (Å²) < 4.78 is 5.51. The number of carbonyl (C=O) groups is 3. The Morgan fingerprint density at radius 3 is 2.12 bits per heavy atom. The van der Waals surface area contributed by atoms with Crippen molar-refractivity contribution in [3.05, 3.63) is 70.4 Å². The molecule has 0 amide bonds. The van der Waals surface area contributed by atoms with E-state index in [2.05, 4.69) is 32.9 Å². The van der Waals surface area contributed by atoms with Gasteiger partial charge in [-0.05, 0) is 61.7 Å². The summed E-state index contributed by atoms with van der Waals surface area (Å²) in [4.78, 5) is 36.0. The second-order valence-corrected chi connectivity index (χ2v) is 11.1. The number of esters is 1. The molecule has 0 spiro atoms. The topological polar surface area (TPSA) is 60.4 Å². The van der Waals surface area contributed by atoms with E-state index in [1.54, 1.807) is 6.08 Å². The SMILES string of the molecule is CC(=O)OC1CCC(C)(C)C(/C=C/C(C)=C/C=C/C(C)=C/C=C2C(=O)CC(C)(C)CC2=O)=C1C. The quantitative estimate of drug-likeness (QED) is 0.185. The third kappa shape index (κ3) is 7.65. The van der Waals surface area contributed by atoms with Crippen LogP contribution in [0.3, 0.4) is 0 Å². The predicted molar refractivity (Wildman–Crippen MR) is 138 cm³/mol. The van der Waals surface area contributed by atoms with Gasteiger partial charge in [-0.3, -0.25) is 14.4 Å². The van der Waals surface area contributed by atoms with Crippen LogP contribution in [0.25, 0.3) is 0 Å². The zero-order valence-electron chi connectivity index (χ0n) is 22.1. The number of rotatable bonds is 6. The monoisotopic (exact) mass is 464 g/mol. The molecular weight excluding hydrogens is 424 g/mol. The van der Waals surface area contributed by atoms with Gasteiger partial charge in [-0.15, -0.1) is 0 Å². The lowest BCUT2D eigenvalue weighted by Gasteiger charge is -2.36. The Balaban J connectivity index is 2.10. The molecule has 184 valence electrons. The van der Waals surface area contributed by atoms with E-state index in [0.29, 0.717) is 18.4 Å². The lowest BCUT2D eigenvalue weighted by molar-refractivity contribution is -0.145. The third-order valence-electron chi connectivity index (χ3n) is 6.60. The van der Waals surface area contributed by atoms with Crippen LogP contribution in [0.4, 0.5) is 0 Å². The molecule has 0 saturated heterocycles. The van der Waals surface area contributed by atoms with Gasteiger partial charge >= 0.3 is 5.97 Å². The van der Waals surface area contributed by atoms with Crippen molar-refractivity contribution in [1.29, 1.82) is 0 Å². The molecule has 0 heterocycles. The highest BCUT2D eigenvalue weighted by Crippen LogP contribution is 2.42. The Labute approximate surface area is 205 Å². The molecule has 4 heteroatoms. The predicted octanol–water partition coefficient (Wildman–Crippen LogP) is 6.94. The van der Waals surface area contributed by atoms with Crippen LogP contribution in [-0.4, -0.2) is 23.6 Å². The van der Waals surface area contributed by atoms with Crippen molar-refractivity contribution in [3.63, 3.8) is 0 Å². The lowest BCUT2D eigenvalue weighted by atomic mass is 9.71. The minimum Gasteiger partial charge on any atom is -0.458 e. The van der Waals surface area contributed by atoms with Crippen LogP contribution in [0.2, 0.25) is 0 Å².